The Morgan fingerprint density at radius 3 is 2.41 bits per heavy atom. The van der Waals surface area contributed by atoms with Crippen LogP contribution in [-0.2, 0) is 14.8 Å². The Bertz CT molecular complexity index is 1300. The van der Waals surface area contributed by atoms with Crippen LogP contribution in [0.15, 0.2) is 71.6 Å². The van der Waals surface area contributed by atoms with E-state index < -0.39 is 22.1 Å². The Labute approximate surface area is 200 Å². The van der Waals surface area contributed by atoms with E-state index in [0.717, 1.165) is 16.7 Å². The van der Waals surface area contributed by atoms with Crippen LogP contribution in [0.2, 0.25) is 0 Å². The van der Waals surface area contributed by atoms with Crippen LogP contribution in [0.5, 0.6) is 5.75 Å². The van der Waals surface area contributed by atoms with Crippen LogP contribution in [0.1, 0.15) is 43.7 Å². The molecular formula is C27H29NO5S. The molecule has 0 aliphatic carbocycles. The molecule has 0 unspecified atom stereocenters. The van der Waals surface area contributed by atoms with Gasteiger partial charge in [0.15, 0.2) is 0 Å². The Morgan fingerprint density at radius 2 is 1.76 bits per heavy atom. The lowest BCUT2D eigenvalue weighted by Gasteiger charge is -2.35. The number of rotatable bonds is 7. The van der Waals surface area contributed by atoms with E-state index in [1.54, 1.807) is 24.3 Å². The van der Waals surface area contributed by atoms with Crippen molar-refractivity contribution in [1.29, 1.82) is 0 Å². The Balaban J connectivity index is 1.77. The number of carboxylic acid groups (broad SMARTS) is 1. The van der Waals surface area contributed by atoms with E-state index in [9.17, 15) is 13.2 Å². The van der Waals surface area contributed by atoms with Crippen LogP contribution in [-0.4, -0.2) is 32.1 Å². The Morgan fingerprint density at radius 1 is 1.06 bits per heavy atom. The van der Waals surface area contributed by atoms with Gasteiger partial charge in [-0.3, -0.25) is 9.10 Å². The maximum absolute atomic E-state index is 13.7. The molecule has 1 aliphatic rings. The first kappa shape index (κ1) is 23.8. The number of aryl methyl sites for hydroxylation is 1. The molecule has 7 heteroatoms. The van der Waals surface area contributed by atoms with Crippen LogP contribution in [0.4, 0.5) is 5.69 Å². The second-order valence-electron chi connectivity index (χ2n) is 8.98. The highest BCUT2D eigenvalue weighted by Gasteiger charge is 2.35. The van der Waals surface area contributed by atoms with Gasteiger partial charge in [0, 0.05) is 6.42 Å². The van der Waals surface area contributed by atoms with E-state index in [2.05, 4.69) is 26.0 Å². The highest BCUT2D eigenvalue weighted by atomic mass is 32.2. The molecule has 6 nitrogen and oxygen atoms in total. The van der Waals surface area contributed by atoms with Gasteiger partial charge in [0.25, 0.3) is 10.0 Å². The van der Waals surface area contributed by atoms with Gasteiger partial charge in [-0.2, -0.15) is 0 Å². The molecule has 3 aromatic carbocycles. The molecule has 0 saturated heterocycles. The Hall–Kier alpha value is -3.32. The van der Waals surface area contributed by atoms with Crippen molar-refractivity contribution in [3.8, 4) is 16.9 Å². The van der Waals surface area contributed by atoms with E-state index in [-0.39, 0.29) is 24.3 Å². The SMILES string of the molecule is Cc1cccc(S(=O)(=O)N2C[C@H](CCC(=O)O)Oc3ccc(-c4ccc(C(C)C)cc4)cc32)c1. The molecule has 0 amide bonds. The summed E-state index contributed by atoms with van der Waals surface area (Å²) in [6.45, 7) is 6.17. The van der Waals surface area contributed by atoms with Gasteiger partial charge in [-0.1, -0.05) is 56.3 Å². The van der Waals surface area contributed by atoms with Gasteiger partial charge < -0.3 is 9.84 Å². The highest BCUT2D eigenvalue weighted by Crippen LogP contribution is 2.40. The highest BCUT2D eigenvalue weighted by molar-refractivity contribution is 7.92. The predicted molar refractivity (Wildman–Crippen MR) is 133 cm³/mol. The van der Waals surface area contributed by atoms with Gasteiger partial charge >= 0.3 is 5.97 Å². The van der Waals surface area contributed by atoms with Gasteiger partial charge in [-0.25, -0.2) is 8.42 Å². The predicted octanol–water partition coefficient (Wildman–Crippen LogP) is 5.61. The minimum absolute atomic E-state index is 0.0479. The van der Waals surface area contributed by atoms with Crippen LogP contribution in [0, 0.1) is 6.92 Å². The normalized spacial score (nSPS) is 15.6. The summed E-state index contributed by atoms with van der Waals surface area (Å²) in [7, 11) is -3.88. The molecule has 0 radical (unpaired) electrons. The maximum atomic E-state index is 13.7. The van der Waals surface area contributed by atoms with Crippen LogP contribution >= 0.6 is 0 Å². The van der Waals surface area contributed by atoms with Crippen molar-refractivity contribution in [2.75, 3.05) is 10.8 Å². The fourth-order valence-electron chi connectivity index (χ4n) is 4.12. The van der Waals surface area contributed by atoms with Gasteiger partial charge in [-0.15, -0.1) is 0 Å². The molecule has 1 heterocycles. The number of hydrogen-bond donors (Lipinski definition) is 1. The summed E-state index contributed by atoms with van der Waals surface area (Å²) in [5.74, 6) is -0.0909. The van der Waals surface area contributed by atoms with E-state index in [1.165, 1.54) is 9.87 Å². The first-order chi connectivity index (χ1) is 16.1. The minimum atomic E-state index is -3.88. The molecular weight excluding hydrogens is 450 g/mol. The number of benzene rings is 3. The van der Waals surface area contributed by atoms with Gasteiger partial charge in [0.05, 0.1) is 17.1 Å². The zero-order valence-corrected chi connectivity index (χ0v) is 20.4. The first-order valence-corrected chi connectivity index (χ1v) is 12.8. The third kappa shape index (κ3) is 4.94. The fraction of sp³-hybridized carbons (Fsp3) is 0.296. The second-order valence-corrected chi connectivity index (χ2v) is 10.8. The molecule has 0 fully saturated rings. The lowest BCUT2D eigenvalue weighted by molar-refractivity contribution is -0.137. The summed E-state index contributed by atoms with van der Waals surface area (Å²) < 4.78 is 34.8. The standard InChI is InChI=1S/C27H29NO5S/c1-18(2)20-7-9-21(10-8-20)22-11-13-26-25(16-22)28(17-23(33-26)12-14-27(29)30)34(31,32)24-6-4-5-19(3)15-24/h4-11,13,15-16,18,23H,12,14,17H2,1-3H3,(H,29,30)/t23-/m0/s1. The van der Waals surface area contributed by atoms with Gasteiger partial charge in [-0.05, 0) is 65.8 Å². The maximum Gasteiger partial charge on any atom is 0.303 e. The molecule has 0 spiro atoms. The van der Waals surface area contributed by atoms with Crippen LogP contribution in [0.3, 0.4) is 0 Å². The quantitative estimate of drug-likeness (QED) is 0.476. The zero-order chi connectivity index (χ0) is 24.5. The summed E-state index contributed by atoms with van der Waals surface area (Å²) in [5, 5.41) is 9.10. The largest absolute Gasteiger partial charge is 0.486 e. The van der Waals surface area contributed by atoms with Crippen molar-refractivity contribution < 1.29 is 23.1 Å². The number of nitrogens with zero attached hydrogens (tertiary/aromatic N) is 1. The number of carbonyl (C=O) groups is 1. The molecule has 3 aromatic rings. The second kappa shape index (κ2) is 9.50. The summed E-state index contributed by atoms with van der Waals surface area (Å²) in [6, 6.07) is 20.5. The summed E-state index contributed by atoms with van der Waals surface area (Å²) >= 11 is 0. The third-order valence-electron chi connectivity index (χ3n) is 6.06. The molecule has 0 bridgehead atoms. The monoisotopic (exact) mass is 479 g/mol. The van der Waals surface area contributed by atoms with E-state index >= 15 is 0 Å². The average molecular weight is 480 g/mol. The smallest absolute Gasteiger partial charge is 0.303 e. The number of anilines is 1. The Kier molecular flexibility index (Phi) is 6.66. The number of ether oxygens (including phenoxy) is 1. The topological polar surface area (TPSA) is 83.9 Å². The number of carboxylic acids is 1. The van der Waals surface area contributed by atoms with Crippen molar-refractivity contribution in [1.82, 2.24) is 0 Å². The fourth-order valence-corrected chi connectivity index (χ4v) is 5.72. The van der Waals surface area contributed by atoms with Crippen molar-refractivity contribution in [3.05, 3.63) is 77.9 Å². The number of hydrogen-bond acceptors (Lipinski definition) is 4. The number of aliphatic carboxylic acids is 1. The lowest BCUT2D eigenvalue weighted by Crippen LogP contribution is -2.43. The van der Waals surface area contributed by atoms with E-state index in [4.69, 9.17) is 9.84 Å². The molecule has 4 rings (SSSR count). The van der Waals surface area contributed by atoms with Crippen molar-refractivity contribution in [3.63, 3.8) is 0 Å². The molecule has 0 aromatic heterocycles. The van der Waals surface area contributed by atoms with Crippen molar-refractivity contribution in [2.45, 2.75) is 50.5 Å². The molecule has 178 valence electrons. The van der Waals surface area contributed by atoms with Gasteiger partial charge in [0.1, 0.15) is 11.9 Å². The van der Waals surface area contributed by atoms with Crippen molar-refractivity contribution in [2.24, 2.45) is 0 Å². The summed E-state index contributed by atoms with van der Waals surface area (Å²) in [6.07, 6.45) is -0.439. The number of fused-ring (bicyclic) bond motifs is 1. The summed E-state index contributed by atoms with van der Waals surface area (Å²) in [5.41, 5.74) is 4.39. The summed E-state index contributed by atoms with van der Waals surface area (Å²) in [4.78, 5) is 11.3. The van der Waals surface area contributed by atoms with Gasteiger partial charge in [0.2, 0.25) is 0 Å². The molecule has 1 atom stereocenters. The number of sulfonamides is 1. The van der Waals surface area contributed by atoms with Crippen LogP contribution in [0.25, 0.3) is 11.1 Å². The third-order valence-corrected chi connectivity index (χ3v) is 7.83. The van der Waals surface area contributed by atoms with E-state index in [1.807, 2.05) is 37.3 Å². The van der Waals surface area contributed by atoms with Crippen LogP contribution < -0.4 is 9.04 Å². The first-order valence-electron chi connectivity index (χ1n) is 11.4. The minimum Gasteiger partial charge on any atom is -0.486 e. The molecule has 34 heavy (non-hydrogen) atoms. The van der Waals surface area contributed by atoms with Crippen molar-refractivity contribution >= 4 is 21.7 Å². The molecule has 1 N–H and O–H groups in total. The molecule has 0 saturated carbocycles. The average Bonchev–Trinajstić information content (AvgIpc) is 2.82. The zero-order valence-electron chi connectivity index (χ0n) is 19.6. The van der Waals surface area contributed by atoms with E-state index in [0.29, 0.717) is 17.4 Å². The lowest BCUT2D eigenvalue weighted by atomic mass is 9.98. The molecule has 1 aliphatic heterocycles.